The van der Waals surface area contributed by atoms with Crippen LogP contribution in [0.1, 0.15) is 12.6 Å². The molecular formula is C13H15N3O2S. The van der Waals surface area contributed by atoms with E-state index in [1.807, 2.05) is 25.1 Å². The van der Waals surface area contributed by atoms with Crippen LogP contribution in [0.3, 0.4) is 0 Å². The van der Waals surface area contributed by atoms with E-state index in [1.54, 1.807) is 11.4 Å². The fraction of sp³-hybridized carbons (Fsp3) is 0.231. The van der Waals surface area contributed by atoms with Crippen LogP contribution in [0.5, 0.6) is 5.75 Å². The molecule has 1 heterocycles. The number of aromatic nitrogens is 1. The number of carbonyl (C=O) groups is 1. The van der Waals surface area contributed by atoms with Gasteiger partial charge in [-0.3, -0.25) is 4.79 Å². The summed E-state index contributed by atoms with van der Waals surface area (Å²) in [6, 6.07) is 7.33. The minimum Gasteiger partial charge on any atom is -0.492 e. The molecule has 0 atom stereocenters. The number of hydrogen-bond donors (Lipinski definition) is 2. The molecule has 1 amide bonds. The molecule has 3 N–H and O–H groups in total. The highest BCUT2D eigenvalue weighted by Crippen LogP contribution is 2.23. The van der Waals surface area contributed by atoms with Crippen LogP contribution in [0, 0.1) is 0 Å². The molecule has 0 fully saturated rings. The Morgan fingerprint density at radius 3 is 2.95 bits per heavy atom. The largest absolute Gasteiger partial charge is 0.492 e. The fourth-order valence-corrected chi connectivity index (χ4v) is 2.18. The smallest absolute Gasteiger partial charge is 0.230 e. The SMILES string of the molecule is CCOc1ccccc1NC(=O)Cc1csc(N)n1. The number of nitrogens with one attached hydrogen (secondary N) is 1. The maximum Gasteiger partial charge on any atom is 0.230 e. The normalized spacial score (nSPS) is 10.2. The summed E-state index contributed by atoms with van der Waals surface area (Å²) in [6.45, 7) is 2.45. The molecule has 0 radical (unpaired) electrons. The molecule has 2 aromatic rings. The Morgan fingerprint density at radius 2 is 2.26 bits per heavy atom. The summed E-state index contributed by atoms with van der Waals surface area (Å²) in [5, 5.41) is 5.06. The summed E-state index contributed by atoms with van der Waals surface area (Å²) in [7, 11) is 0. The van der Waals surface area contributed by atoms with Crippen LogP contribution in [0.4, 0.5) is 10.8 Å². The molecule has 0 saturated carbocycles. The van der Waals surface area contributed by atoms with Crippen LogP contribution in [0.2, 0.25) is 0 Å². The number of para-hydroxylation sites is 2. The van der Waals surface area contributed by atoms with Gasteiger partial charge in [0.15, 0.2) is 5.13 Å². The molecule has 0 unspecified atom stereocenters. The third-order valence-electron chi connectivity index (χ3n) is 2.37. The molecule has 100 valence electrons. The Labute approximate surface area is 115 Å². The van der Waals surface area contributed by atoms with Gasteiger partial charge in [0.2, 0.25) is 5.91 Å². The van der Waals surface area contributed by atoms with E-state index in [4.69, 9.17) is 10.5 Å². The predicted molar refractivity (Wildman–Crippen MR) is 76.5 cm³/mol. The highest BCUT2D eigenvalue weighted by molar-refractivity contribution is 7.13. The number of nitrogens with two attached hydrogens (primary N) is 1. The molecule has 2 rings (SSSR count). The number of amides is 1. The number of carbonyl (C=O) groups excluding carboxylic acids is 1. The van der Waals surface area contributed by atoms with Gasteiger partial charge in [0, 0.05) is 5.38 Å². The maximum absolute atomic E-state index is 11.9. The average Bonchev–Trinajstić information content (AvgIpc) is 2.77. The molecule has 0 aliphatic carbocycles. The van der Waals surface area contributed by atoms with Crippen molar-refractivity contribution in [1.29, 1.82) is 0 Å². The minimum atomic E-state index is -0.141. The van der Waals surface area contributed by atoms with Crippen molar-refractivity contribution in [2.45, 2.75) is 13.3 Å². The summed E-state index contributed by atoms with van der Waals surface area (Å²) >= 11 is 1.33. The Morgan fingerprint density at radius 1 is 1.47 bits per heavy atom. The average molecular weight is 277 g/mol. The van der Waals surface area contributed by atoms with E-state index in [0.29, 0.717) is 28.9 Å². The zero-order valence-electron chi connectivity index (χ0n) is 10.6. The lowest BCUT2D eigenvalue weighted by atomic mass is 10.2. The minimum absolute atomic E-state index is 0.141. The van der Waals surface area contributed by atoms with Crippen LogP contribution < -0.4 is 15.8 Å². The van der Waals surface area contributed by atoms with Crippen LogP contribution in [0.15, 0.2) is 29.6 Å². The highest BCUT2D eigenvalue weighted by Gasteiger charge is 2.09. The quantitative estimate of drug-likeness (QED) is 0.879. The summed E-state index contributed by atoms with van der Waals surface area (Å²) in [4.78, 5) is 16.0. The number of rotatable bonds is 5. The number of thiazole rings is 1. The van der Waals surface area contributed by atoms with E-state index in [9.17, 15) is 4.79 Å². The van der Waals surface area contributed by atoms with Crippen LogP contribution >= 0.6 is 11.3 Å². The summed E-state index contributed by atoms with van der Waals surface area (Å²) < 4.78 is 5.44. The molecule has 0 bridgehead atoms. The van der Waals surface area contributed by atoms with Gasteiger partial charge in [-0.2, -0.15) is 0 Å². The highest BCUT2D eigenvalue weighted by atomic mass is 32.1. The van der Waals surface area contributed by atoms with Gasteiger partial charge in [-0.1, -0.05) is 12.1 Å². The molecule has 0 spiro atoms. The lowest BCUT2D eigenvalue weighted by molar-refractivity contribution is -0.115. The third kappa shape index (κ3) is 3.69. The van der Waals surface area contributed by atoms with E-state index in [1.165, 1.54) is 11.3 Å². The Kier molecular flexibility index (Phi) is 4.35. The second kappa shape index (κ2) is 6.19. The topological polar surface area (TPSA) is 77.2 Å². The van der Waals surface area contributed by atoms with E-state index in [-0.39, 0.29) is 12.3 Å². The van der Waals surface area contributed by atoms with Gasteiger partial charge in [-0.15, -0.1) is 11.3 Å². The maximum atomic E-state index is 11.9. The number of benzene rings is 1. The first kappa shape index (κ1) is 13.4. The van der Waals surface area contributed by atoms with E-state index in [2.05, 4.69) is 10.3 Å². The number of nitrogen functional groups attached to an aromatic ring is 1. The molecule has 1 aromatic heterocycles. The molecule has 5 nitrogen and oxygen atoms in total. The lowest BCUT2D eigenvalue weighted by Gasteiger charge is -2.10. The second-order valence-electron chi connectivity index (χ2n) is 3.83. The molecule has 0 aliphatic rings. The lowest BCUT2D eigenvalue weighted by Crippen LogP contribution is -2.15. The summed E-state index contributed by atoms with van der Waals surface area (Å²) in [6.07, 6.45) is 0.203. The summed E-state index contributed by atoms with van der Waals surface area (Å²) in [5.41, 5.74) is 6.87. The van der Waals surface area contributed by atoms with E-state index >= 15 is 0 Å². The third-order valence-corrected chi connectivity index (χ3v) is 3.09. The van der Waals surface area contributed by atoms with Gasteiger partial charge >= 0.3 is 0 Å². The van der Waals surface area contributed by atoms with Crippen LogP contribution in [0.25, 0.3) is 0 Å². The first-order valence-corrected chi connectivity index (χ1v) is 6.78. The zero-order valence-corrected chi connectivity index (χ0v) is 11.4. The van der Waals surface area contributed by atoms with Crippen molar-refractivity contribution in [3.8, 4) is 5.75 Å². The van der Waals surface area contributed by atoms with Crippen LogP contribution in [-0.2, 0) is 11.2 Å². The van der Waals surface area contributed by atoms with Crippen molar-refractivity contribution in [2.24, 2.45) is 0 Å². The van der Waals surface area contributed by atoms with E-state index < -0.39 is 0 Å². The van der Waals surface area contributed by atoms with Gasteiger partial charge in [-0.05, 0) is 19.1 Å². The predicted octanol–water partition coefficient (Wildman–Crippen LogP) is 2.31. The van der Waals surface area contributed by atoms with Gasteiger partial charge in [0.1, 0.15) is 5.75 Å². The standard InChI is InChI=1S/C13H15N3O2S/c1-2-18-11-6-4-3-5-10(11)16-12(17)7-9-8-19-13(14)15-9/h3-6,8H,2,7H2,1H3,(H2,14,15)(H,16,17). The fourth-order valence-electron chi connectivity index (χ4n) is 1.61. The van der Waals surface area contributed by atoms with Crippen LogP contribution in [-0.4, -0.2) is 17.5 Å². The second-order valence-corrected chi connectivity index (χ2v) is 4.72. The van der Waals surface area contributed by atoms with Crippen molar-refractivity contribution in [2.75, 3.05) is 17.7 Å². The van der Waals surface area contributed by atoms with Crippen molar-refractivity contribution in [3.05, 3.63) is 35.3 Å². The summed E-state index contributed by atoms with van der Waals surface area (Å²) in [5.74, 6) is 0.522. The first-order valence-electron chi connectivity index (χ1n) is 5.90. The van der Waals surface area contributed by atoms with Gasteiger partial charge in [0.05, 0.1) is 24.4 Å². The number of anilines is 2. The number of nitrogens with zero attached hydrogens (tertiary/aromatic N) is 1. The van der Waals surface area contributed by atoms with Crippen molar-refractivity contribution in [3.63, 3.8) is 0 Å². The molecule has 6 heteroatoms. The molecular weight excluding hydrogens is 262 g/mol. The van der Waals surface area contributed by atoms with Crippen molar-refractivity contribution < 1.29 is 9.53 Å². The number of hydrogen-bond acceptors (Lipinski definition) is 5. The van der Waals surface area contributed by atoms with Crippen molar-refractivity contribution in [1.82, 2.24) is 4.98 Å². The Hall–Kier alpha value is -2.08. The Bertz CT molecular complexity index is 569. The molecule has 0 aliphatic heterocycles. The molecule has 0 saturated heterocycles. The van der Waals surface area contributed by atoms with Gasteiger partial charge < -0.3 is 15.8 Å². The number of ether oxygens (including phenoxy) is 1. The molecule has 19 heavy (non-hydrogen) atoms. The van der Waals surface area contributed by atoms with Gasteiger partial charge in [0.25, 0.3) is 0 Å². The van der Waals surface area contributed by atoms with Crippen molar-refractivity contribution >= 4 is 28.1 Å². The van der Waals surface area contributed by atoms with Gasteiger partial charge in [-0.25, -0.2) is 4.98 Å². The zero-order chi connectivity index (χ0) is 13.7. The monoisotopic (exact) mass is 277 g/mol. The first-order chi connectivity index (χ1) is 9.19. The Balaban J connectivity index is 2.02. The molecule has 1 aromatic carbocycles. The van der Waals surface area contributed by atoms with E-state index in [0.717, 1.165) is 0 Å².